The number of nitrogens with one attached hydrogen (secondary N) is 1. The number of nitrogens with two attached hydrogens (primary N) is 1. The summed E-state index contributed by atoms with van der Waals surface area (Å²) in [5.41, 5.74) is 7.16. The minimum absolute atomic E-state index is 0.250. The standard InChI is InChI=1S/C20H25N3O3/c1-4-16(18(21)24)13(2)19(25)22-17-12-15(10-11-23(3)20(17)26)14-8-6-5-7-9-14/h5-13,16-17H,4H2,1-3H3,(H2,21,24)(H,22,25)/t13-,16?,17-/m0/s1. The average Bonchev–Trinajstić information content (AvgIpc) is 2.76. The molecule has 0 radical (unpaired) electrons. The number of hydrogen-bond acceptors (Lipinski definition) is 3. The Morgan fingerprint density at radius 1 is 1.27 bits per heavy atom. The van der Waals surface area contributed by atoms with Gasteiger partial charge in [0.05, 0.1) is 0 Å². The van der Waals surface area contributed by atoms with Crippen molar-refractivity contribution in [2.24, 2.45) is 17.6 Å². The molecule has 6 heteroatoms. The summed E-state index contributed by atoms with van der Waals surface area (Å²) in [6.45, 7) is 3.46. The molecule has 3 N–H and O–H groups in total. The van der Waals surface area contributed by atoms with Gasteiger partial charge in [-0.3, -0.25) is 14.4 Å². The molecule has 0 spiro atoms. The van der Waals surface area contributed by atoms with Gasteiger partial charge in [0.1, 0.15) is 6.04 Å². The Morgan fingerprint density at radius 2 is 1.92 bits per heavy atom. The fourth-order valence-corrected chi connectivity index (χ4v) is 2.99. The lowest BCUT2D eigenvalue weighted by atomic mass is 9.90. The highest BCUT2D eigenvalue weighted by atomic mass is 16.2. The summed E-state index contributed by atoms with van der Waals surface area (Å²) in [6.07, 6.45) is 5.71. The normalized spacial score (nSPS) is 19.3. The Balaban J connectivity index is 2.26. The number of benzene rings is 1. The number of rotatable bonds is 6. The van der Waals surface area contributed by atoms with Crippen LogP contribution in [0.3, 0.4) is 0 Å². The highest BCUT2D eigenvalue weighted by molar-refractivity contribution is 5.95. The molecule has 0 saturated carbocycles. The number of carbonyl (C=O) groups excluding carboxylic acids is 3. The summed E-state index contributed by atoms with van der Waals surface area (Å²) in [4.78, 5) is 38.1. The SMILES string of the molecule is CCC(C(N)=O)[C@H](C)C(=O)N[C@H]1C=C(c2ccccc2)C=CN(C)C1=O. The number of likely N-dealkylation sites (N-methyl/N-ethyl adjacent to an activating group) is 1. The summed E-state index contributed by atoms with van der Waals surface area (Å²) in [5.74, 6) is -2.31. The lowest BCUT2D eigenvalue weighted by molar-refractivity contribution is -0.136. The van der Waals surface area contributed by atoms with Gasteiger partial charge in [-0.1, -0.05) is 44.2 Å². The third-order valence-corrected chi connectivity index (χ3v) is 4.66. The summed E-state index contributed by atoms with van der Waals surface area (Å²) < 4.78 is 0. The van der Waals surface area contributed by atoms with Crippen molar-refractivity contribution in [2.45, 2.75) is 26.3 Å². The van der Waals surface area contributed by atoms with Crippen molar-refractivity contribution in [2.75, 3.05) is 7.05 Å². The highest BCUT2D eigenvalue weighted by Crippen LogP contribution is 2.21. The minimum Gasteiger partial charge on any atom is -0.369 e. The maximum Gasteiger partial charge on any atom is 0.252 e. The summed E-state index contributed by atoms with van der Waals surface area (Å²) in [7, 11) is 1.64. The first-order valence-corrected chi connectivity index (χ1v) is 8.67. The molecule has 3 atom stereocenters. The van der Waals surface area contributed by atoms with Crippen molar-refractivity contribution in [3.8, 4) is 0 Å². The quantitative estimate of drug-likeness (QED) is 0.813. The van der Waals surface area contributed by atoms with Crippen LogP contribution in [0.25, 0.3) is 5.57 Å². The molecule has 0 saturated heterocycles. The first kappa shape index (κ1) is 19.4. The fourth-order valence-electron chi connectivity index (χ4n) is 2.99. The molecule has 0 aliphatic carbocycles. The van der Waals surface area contributed by atoms with Gasteiger partial charge >= 0.3 is 0 Å². The van der Waals surface area contributed by atoms with Gasteiger partial charge in [-0.05, 0) is 29.7 Å². The number of hydrogen-bond donors (Lipinski definition) is 2. The van der Waals surface area contributed by atoms with Gasteiger partial charge in [0.25, 0.3) is 5.91 Å². The second-order valence-electron chi connectivity index (χ2n) is 6.44. The maximum atomic E-state index is 12.6. The summed E-state index contributed by atoms with van der Waals surface area (Å²) in [5, 5.41) is 2.75. The average molecular weight is 355 g/mol. The molecule has 26 heavy (non-hydrogen) atoms. The van der Waals surface area contributed by atoms with E-state index >= 15 is 0 Å². The Hall–Kier alpha value is -2.89. The van der Waals surface area contributed by atoms with E-state index in [-0.39, 0.29) is 11.8 Å². The van der Waals surface area contributed by atoms with Gasteiger partial charge in [0, 0.05) is 25.1 Å². The first-order chi connectivity index (χ1) is 12.3. The van der Waals surface area contributed by atoms with E-state index in [2.05, 4.69) is 5.32 Å². The number of nitrogens with zero attached hydrogens (tertiary/aromatic N) is 1. The molecule has 1 aliphatic rings. The van der Waals surface area contributed by atoms with Crippen LogP contribution < -0.4 is 11.1 Å². The monoisotopic (exact) mass is 355 g/mol. The zero-order valence-corrected chi connectivity index (χ0v) is 15.3. The van der Waals surface area contributed by atoms with Crippen LogP contribution in [-0.2, 0) is 14.4 Å². The predicted molar refractivity (Wildman–Crippen MR) is 100 cm³/mol. The van der Waals surface area contributed by atoms with E-state index in [1.54, 1.807) is 33.2 Å². The molecule has 3 amide bonds. The van der Waals surface area contributed by atoms with Crippen LogP contribution in [0.15, 0.2) is 48.7 Å². The van der Waals surface area contributed by atoms with E-state index in [1.807, 2.05) is 36.4 Å². The van der Waals surface area contributed by atoms with Crippen molar-refractivity contribution >= 4 is 23.3 Å². The number of amides is 3. The third-order valence-electron chi connectivity index (χ3n) is 4.66. The Bertz CT molecular complexity index is 740. The largest absolute Gasteiger partial charge is 0.369 e. The topological polar surface area (TPSA) is 92.5 Å². The zero-order chi connectivity index (χ0) is 19.3. The molecular formula is C20H25N3O3. The molecule has 1 aliphatic heterocycles. The van der Waals surface area contributed by atoms with Gasteiger partial charge in [-0.15, -0.1) is 0 Å². The third kappa shape index (κ3) is 4.39. The van der Waals surface area contributed by atoms with Crippen LogP contribution in [0.2, 0.25) is 0 Å². The van der Waals surface area contributed by atoms with Gasteiger partial charge in [0.2, 0.25) is 11.8 Å². The van der Waals surface area contributed by atoms with E-state index in [0.29, 0.717) is 6.42 Å². The molecule has 138 valence electrons. The first-order valence-electron chi connectivity index (χ1n) is 8.67. The van der Waals surface area contributed by atoms with Crippen LogP contribution in [0.4, 0.5) is 0 Å². The maximum absolute atomic E-state index is 12.6. The zero-order valence-electron chi connectivity index (χ0n) is 15.3. The van der Waals surface area contributed by atoms with Crippen molar-refractivity contribution in [3.05, 3.63) is 54.2 Å². The smallest absolute Gasteiger partial charge is 0.252 e. The lowest BCUT2D eigenvalue weighted by Gasteiger charge is -2.23. The van der Waals surface area contributed by atoms with E-state index in [4.69, 9.17) is 5.73 Å². The summed E-state index contributed by atoms with van der Waals surface area (Å²) >= 11 is 0. The van der Waals surface area contributed by atoms with E-state index in [1.165, 1.54) is 4.90 Å². The molecule has 1 aromatic carbocycles. The van der Waals surface area contributed by atoms with Crippen molar-refractivity contribution in [1.29, 1.82) is 0 Å². The number of carbonyl (C=O) groups is 3. The van der Waals surface area contributed by atoms with E-state index < -0.39 is 23.8 Å². The Labute approximate surface area is 153 Å². The second kappa shape index (κ2) is 8.47. The van der Waals surface area contributed by atoms with Crippen LogP contribution in [0.5, 0.6) is 0 Å². The fraction of sp³-hybridized carbons (Fsp3) is 0.350. The van der Waals surface area contributed by atoms with Crippen LogP contribution in [0, 0.1) is 11.8 Å². The molecule has 1 unspecified atom stereocenters. The van der Waals surface area contributed by atoms with Crippen molar-refractivity contribution < 1.29 is 14.4 Å². The molecular weight excluding hydrogens is 330 g/mol. The highest BCUT2D eigenvalue weighted by Gasteiger charge is 2.31. The molecule has 1 aromatic rings. The molecule has 2 rings (SSSR count). The molecule has 6 nitrogen and oxygen atoms in total. The minimum atomic E-state index is -0.814. The predicted octanol–water partition coefficient (Wildman–Crippen LogP) is 1.69. The number of allylic oxidation sites excluding steroid dienone is 2. The number of primary amides is 1. The van der Waals surface area contributed by atoms with E-state index in [9.17, 15) is 14.4 Å². The van der Waals surface area contributed by atoms with E-state index in [0.717, 1.165) is 11.1 Å². The second-order valence-corrected chi connectivity index (χ2v) is 6.44. The van der Waals surface area contributed by atoms with Gasteiger partial charge in [-0.25, -0.2) is 0 Å². The molecule has 0 bridgehead atoms. The molecule has 0 fully saturated rings. The van der Waals surface area contributed by atoms with Crippen molar-refractivity contribution in [3.63, 3.8) is 0 Å². The molecule has 1 heterocycles. The lowest BCUT2D eigenvalue weighted by Crippen LogP contribution is -2.48. The van der Waals surface area contributed by atoms with Gasteiger partial charge in [-0.2, -0.15) is 0 Å². The van der Waals surface area contributed by atoms with Crippen molar-refractivity contribution in [1.82, 2.24) is 10.2 Å². The van der Waals surface area contributed by atoms with Gasteiger partial charge in [0.15, 0.2) is 0 Å². The van der Waals surface area contributed by atoms with Gasteiger partial charge < -0.3 is 16.0 Å². The summed E-state index contributed by atoms with van der Waals surface area (Å²) in [6, 6.07) is 8.80. The van der Waals surface area contributed by atoms with Crippen LogP contribution >= 0.6 is 0 Å². The van der Waals surface area contributed by atoms with Crippen LogP contribution in [-0.4, -0.2) is 35.7 Å². The Kier molecular flexibility index (Phi) is 6.33. The Morgan fingerprint density at radius 3 is 2.50 bits per heavy atom. The molecule has 0 aromatic heterocycles. The van der Waals surface area contributed by atoms with Crippen LogP contribution in [0.1, 0.15) is 25.8 Å².